The number of alkyl halides is 3. The maximum atomic E-state index is 12.6. The van der Waals surface area contributed by atoms with Gasteiger partial charge >= 0.3 is 6.18 Å². The molecule has 2 N–H and O–H groups in total. The largest absolute Gasteiger partial charge is 0.394 e. The number of rotatable bonds is 5. The van der Waals surface area contributed by atoms with Gasteiger partial charge in [0.1, 0.15) is 0 Å². The lowest BCUT2D eigenvalue weighted by Crippen LogP contribution is -2.46. The van der Waals surface area contributed by atoms with E-state index in [1.807, 2.05) is 11.8 Å². The number of nitrogens with two attached hydrogens (primary N) is 1. The van der Waals surface area contributed by atoms with Crippen molar-refractivity contribution in [3.63, 3.8) is 0 Å². The van der Waals surface area contributed by atoms with E-state index in [1.54, 1.807) is 0 Å². The molecule has 0 radical (unpaired) electrons. The van der Waals surface area contributed by atoms with Crippen LogP contribution in [0.1, 0.15) is 19.8 Å². The summed E-state index contributed by atoms with van der Waals surface area (Å²) in [7, 11) is 0. The molecule has 1 fully saturated rings. The number of piperidine rings is 1. The quantitative estimate of drug-likeness (QED) is 0.810. The second-order valence-corrected chi connectivity index (χ2v) is 4.45. The van der Waals surface area contributed by atoms with Crippen LogP contribution in [0.25, 0.3) is 0 Å². The van der Waals surface area contributed by atoms with Gasteiger partial charge in [0.05, 0.1) is 12.0 Å². The summed E-state index contributed by atoms with van der Waals surface area (Å²) in [6.07, 6.45) is -2.31. The van der Waals surface area contributed by atoms with E-state index in [2.05, 4.69) is 0 Å². The van der Waals surface area contributed by atoms with Crippen molar-refractivity contribution in [2.24, 2.45) is 11.7 Å². The van der Waals surface area contributed by atoms with E-state index in [0.717, 1.165) is 12.8 Å². The minimum absolute atomic E-state index is 0.0103. The number of hydrogen-bond donors (Lipinski definition) is 1. The van der Waals surface area contributed by atoms with E-state index >= 15 is 0 Å². The molecule has 1 heterocycles. The normalized spacial score (nSPS) is 24.9. The molecule has 1 aliphatic rings. The summed E-state index contributed by atoms with van der Waals surface area (Å²) in [5.41, 5.74) is 5.19. The Morgan fingerprint density at radius 1 is 1.47 bits per heavy atom. The number of halogens is 3. The zero-order valence-electron chi connectivity index (χ0n) is 10.2. The summed E-state index contributed by atoms with van der Waals surface area (Å²) in [4.78, 5) is 1.81. The summed E-state index contributed by atoms with van der Waals surface area (Å²) in [5, 5.41) is 0. The van der Waals surface area contributed by atoms with Gasteiger partial charge in [-0.05, 0) is 26.3 Å². The fourth-order valence-corrected chi connectivity index (χ4v) is 2.17. The molecule has 1 saturated heterocycles. The van der Waals surface area contributed by atoms with E-state index < -0.39 is 12.1 Å². The monoisotopic (exact) mass is 254 g/mol. The van der Waals surface area contributed by atoms with Crippen molar-refractivity contribution in [2.45, 2.75) is 32.0 Å². The summed E-state index contributed by atoms with van der Waals surface area (Å²) in [6.45, 7) is 3.44. The standard InChI is InChI=1S/C11H21F3N2O/c1-2-17-10-4-3-5-16(8-10)7-9(6-15)11(12,13)14/h9-10H,2-8,15H2,1H3. The van der Waals surface area contributed by atoms with Crippen LogP contribution >= 0.6 is 0 Å². The molecule has 0 bridgehead atoms. The SMILES string of the molecule is CCOC1CCCN(CC(CN)C(F)(F)F)C1. The van der Waals surface area contributed by atoms with Gasteiger partial charge in [-0.25, -0.2) is 0 Å². The molecular weight excluding hydrogens is 233 g/mol. The Hall–Kier alpha value is -0.330. The van der Waals surface area contributed by atoms with Crippen LogP contribution in [-0.2, 0) is 4.74 Å². The second-order valence-electron chi connectivity index (χ2n) is 4.45. The van der Waals surface area contributed by atoms with Crippen LogP contribution in [0.5, 0.6) is 0 Å². The highest BCUT2D eigenvalue weighted by Crippen LogP contribution is 2.27. The molecule has 0 aliphatic carbocycles. The van der Waals surface area contributed by atoms with Crippen LogP contribution in [-0.4, -0.2) is 50.0 Å². The highest BCUT2D eigenvalue weighted by atomic mass is 19.4. The zero-order valence-corrected chi connectivity index (χ0v) is 10.2. The smallest absolute Gasteiger partial charge is 0.377 e. The summed E-state index contributed by atoms with van der Waals surface area (Å²) in [6, 6.07) is 0. The van der Waals surface area contributed by atoms with Gasteiger partial charge in [-0.1, -0.05) is 0 Å². The lowest BCUT2D eigenvalue weighted by Gasteiger charge is -2.34. The van der Waals surface area contributed by atoms with Crippen molar-refractivity contribution in [3.8, 4) is 0 Å². The lowest BCUT2D eigenvalue weighted by atomic mass is 10.0. The van der Waals surface area contributed by atoms with Crippen molar-refractivity contribution in [1.29, 1.82) is 0 Å². The molecule has 0 saturated carbocycles. The maximum absolute atomic E-state index is 12.6. The fraction of sp³-hybridized carbons (Fsp3) is 1.00. The van der Waals surface area contributed by atoms with Gasteiger partial charge in [0.15, 0.2) is 0 Å². The Labute approximate surface area is 100 Å². The van der Waals surface area contributed by atoms with E-state index in [9.17, 15) is 13.2 Å². The van der Waals surface area contributed by atoms with Crippen molar-refractivity contribution >= 4 is 0 Å². The van der Waals surface area contributed by atoms with Crippen LogP contribution in [0, 0.1) is 5.92 Å². The first-order valence-corrected chi connectivity index (χ1v) is 6.08. The van der Waals surface area contributed by atoms with Gasteiger partial charge in [-0.15, -0.1) is 0 Å². The van der Waals surface area contributed by atoms with E-state index in [0.29, 0.717) is 19.7 Å². The third-order valence-electron chi connectivity index (χ3n) is 3.09. The number of ether oxygens (including phenoxy) is 1. The van der Waals surface area contributed by atoms with E-state index in [4.69, 9.17) is 10.5 Å². The number of nitrogens with zero attached hydrogens (tertiary/aromatic N) is 1. The lowest BCUT2D eigenvalue weighted by molar-refractivity contribution is -0.178. The first kappa shape index (κ1) is 14.7. The van der Waals surface area contributed by atoms with Gasteiger partial charge in [-0.2, -0.15) is 13.2 Å². The van der Waals surface area contributed by atoms with Crippen molar-refractivity contribution in [1.82, 2.24) is 4.90 Å². The first-order valence-electron chi connectivity index (χ1n) is 6.08. The predicted molar refractivity (Wildman–Crippen MR) is 59.7 cm³/mol. The molecule has 6 heteroatoms. The van der Waals surface area contributed by atoms with Gasteiger partial charge in [0, 0.05) is 26.2 Å². The molecule has 2 atom stereocenters. The molecule has 0 spiro atoms. The summed E-state index contributed by atoms with van der Waals surface area (Å²) in [5.74, 6) is -1.43. The average molecular weight is 254 g/mol. The predicted octanol–water partition coefficient (Wildman–Crippen LogP) is 1.62. The Kier molecular flexibility index (Phi) is 5.69. The Morgan fingerprint density at radius 2 is 2.18 bits per heavy atom. The van der Waals surface area contributed by atoms with Crippen LogP contribution in [0.2, 0.25) is 0 Å². The van der Waals surface area contributed by atoms with Crippen LogP contribution in [0.3, 0.4) is 0 Å². The molecule has 17 heavy (non-hydrogen) atoms. The Bertz CT molecular complexity index is 221. The number of likely N-dealkylation sites (tertiary alicyclic amines) is 1. The van der Waals surface area contributed by atoms with Crippen LogP contribution < -0.4 is 5.73 Å². The zero-order chi connectivity index (χ0) is 12.9. The summed E-state index contributed by atoms with van der Waals surface area (Å²) < 4.78 is 43.2. The molecule has 0 aromatic carbocycles. The molecule has 1 aliphatic heterocycles. The first-order chi connectivity index (χ1) is 7.97. The Morgan fingerprint density at radius 3 is 2.71 bits per heavy atom. The van der Waals surface area contributed by atoms with Gasteiger partial charge < -0.3 is 15.4 Å². The highest BCUT2D eigenvalue weighted by Gasteiger charge is 2.40. The summed E-state index contributed by atoms with van der Waals surface area (Å²) >= 11 is 0. The van der Waals surface area contributed by atoms with Crippen molar-refractivity contribution < 1.29 is 17.9 Å². The minimum Gasteiger partial charge on any atom is -0.377 e. The Balaban J connectivity index is 2.44. The molecule has 0 aromatic rings. The second kappa shape index (κ2) is 6.56. The van der Waals surface area contributed by atoms with E-state index in [-0.39, 0.29) is 19.2 Å². The van der Waals surface area contributed by atoms with Gasteiger partial charge in [0.2, 0.25) is 0 Å². The van der Waals surface area contributed by atoms with Gasteiger partial charge in [0.25, 0.3) is 0 Å². The maximum Gasteiger partial charge on any atom is 0.394 e. The average Bonchev–Trinajstić information content (AvgIpc) is 2.25. The molecule has 1 rings (SSSR count). The molecular formula is C11H21F3N2O. The third-order valence-corrected chi connectivity index (χ3v) is 3.09. The number of hydrogen-bond acceptors (Lipinski definition) is 3. The fourth-order valence-electron chi connectivity index (χ4n) is 2.17. The molecule has 0 aromatic heterocycles. The third kappa shape index (κ3) is 4.81. The molecule has 102 valence electrons. The topological polar surface area (TPSA) is 38.5 Å². The van der Waals surface area contributed by atoms with Crippen molar-refractivity contribution in [3.05, 3.63) is 0 Å². The van der Waals surface area contributed by atoms with Crippen LogP contribution in [0.4, 0.5) is 13.2 Å². The highest BCUT2D eigenvalue weighted by molar-refractivity contribution is 4.78. The van der Waals surface area contributed by atoms with Crippen LogP contribution in [0.15, 0.2) is 0 Å². The van der Waals surface area contributed by atoms with Crippen molar-refractivity contribution in [2.75, 3.05) is 32.8 Å². The van der Waals surface area contributed by atoms with E-state index in [1.165, 1.54) is 0 Å². The molecule has 3 nitrogen and oxygen atoms in total. The minimum atomic E-state index is -4.20. The van der Waals surface area contributed by atoms with Gasteiger partial charge in [-0.3, -0.25) is 0 Å². The molecule has 2 unspecified atom stereocenters. The molecule has 0 amide bonds.